The van der Waals surface area contributed by atoms with Crippen LogP contribution >= 0.6 is 11.8 Å². The number of carbonyl (C=O) groups excluding carboxylic acids is 1. The summed E-state index contributed by atoms with van der Waals surface area (Å²) in [6.07, 6.45) is 5.46. The quantitative estimate of drug-likeness (QED) is 0.710. The summed E-state index contributed by atoms with van der Waals surface area (Å²) in [4.78, 5) is 19.9. The van der Waals surface area contributed by atoms with Crippen molar-refractivity contribution in [1.82, 2.24) is 10.3 Å². The lowest BCUT2D eigenvalue weighted by atomic mass is 10.1. The highest BCUT2D eigenvalue weighted by Crippen LogP contribution is 2.34. The first kappa shape index (κ1) is 18.2. The van der Waals surface area contributed by atoms with Crippen LogP contribution < -0.4 is 15.4 Å². The van der Waals surface area contributed by atoms with E-state index in [1.54, 1.807) is 25.9 Å². The molecule has 1 aliphatic carbocycles. The van der Waals surface area contributed by atoms with Gasteiger partial charge in [-0.1, -0.05) is 12.8 Å². The summed E-state index contributed by atoms with van der Waals surface area (Å²) in [7, 11) is 3.37. The van der Waals surface area contributed by atoms with Gasteiger partial charge in [-0.2, -0.15) is 0 Å². The average molecular weight is 387 g/mol. The Labute approximate surface area is 163 Å². The van der Waals surface area contributed by atoms with Crippen LogP contribution in [0.3, 0.4) is 0 Å². The van der Waals surface area contributed by atoms with Gasteiger partial charge in [0.2, 0.25) is 5.91 Å². The molecule has 27 heavy (non-hydrogen) atoms. The number of hydrogen-bond donors (Lipinski definition) is 3. The van der Waals surface area contributed by atoms with Crippen molar-refractivity contribution in [2.24, 2.45) is 4.99 Å². The molecule has 3 N–H and O–H groups in total. The van der Waals surface area contributed by atoms with Crippen LogP contribution in [0, 0.1) is 0 Å². The van der Waals surface area contributed by atoms with Crippen molar-refractivity contribution < 1.29 is 9.53 Å². The number of carbonyl (C=O) groups is 1. The highest BCUT2D eigenvalue weighted by molar-refractivity contribution is 8.14. The molecule has 6 nitrogen and oxygen atoms in total. The number of H-pyrrole nitrogens is 1. The van der Waals surface area contributed by atoms with E-state index in [4.69, 9.17) is 9.73 Å². The highest BCUT2D eigenvalue weighted by atomic mass is 32.2. The molecule has 7 heteroatoms. The van der Waals surface area contributed by atoms with Gasteiger partial charge in [0.15, 0.2) is 0 Å². The minimum Gasteiger partial charge on any atom is -0.497 e. The standard InChI is InChI=1S/C20H26N4O2S/c1-21-18(25)9-14-11-27-20(23-14)17-8-12-7-15(26-2)10-16(19(12)24-17)22-13-5-3-4-6-13/h7-8,10,13-14,22,24H,3-6,9,11H2,1-2H3,(H,21,25)/t14-/m1/s1. The van der Waals surface area contributed by atoms with E-state index in [2.05, 4.69) is 33.8 Å². The summed E-state index contributed by atoms with van der Waals surface area (Å²) < 4.78 is 5.50. The number of aliphatic imine (C=N–C) groups is 1. The number of anilines is 1. The largest absolute Gasteiger partial charge is 0.497 e. The van der Waals surface area contributed by atoms with Crippen LogP contribution in [0.15, 0.2) is 23.2 Å². The number of methoxy groups -OCH3 is 1. The van der Waals surface area contributed by atoms with Crippen molar-refractivity contribution >= 4 is 39.3 Å². The Balaban J connectivity index is 1.63. The molecule has 144 valence electrons. The Morgan fingerprint density at radius 3 is 2.89 bits per heavy atom. The molecule has 1 atom stereocenters. The molecule has 1 aliphatic heterocycles. The van der Waals surface area contributed by atoms with Crippen molar-refractivity contribution in [2.45, 2.75) is 44.2 Å². The highest BCUT2D eigenvalue weighted by Gasteiger charge is 2.23. The predicted octanol–water partition coefficient (Wildman–Crippen LogP) is 3.53. The Morgan fingerprint density at radius 2 is 2.15 bits per heavy atom. The third-order valence-corrected chi connectivity index (χ3v) is 6.45. The second-order valence-corrected chi connectivity index (χ2v) is 8.23. The minimum atomic E-state index is 0.0371. The molecule has 4 rings (SSSR count). The van der Waals surface area contributed by atoms with E-state index in [0.29, 0.717) is 12.5 Å². The van der Waals surface area contributed by atoms with Gasteiger partial charge in [0.05, 0.1) is 30.0 Å². The fraction of sp³-hybridized carbons (Fsp3) is 0.500. The predicted molar refractivity (Wildman–Crippen MR) is 112 cm³/mol. The second-order valence-electron chi connectivity index (χ2n) is 7.22. The lowest BCUT2D eigenvalue weighted by Crippen LogP contribution is -2.23. The third-order valence-electron chi connectivity index (χ3n) is 5.29. The zero-order chi connectivity index (χ0) is 18.8. The zero-order valence-corrected chi connectivity index (χ0v) is 16.6. The molecule has 0 spiro atoms. The zero-order valence-electron chi connectivity index (χ0n) is 15.8. The van der Waals surface area contributed by atoms with Crippen molar-refractivity contribution in [3.05, 3.63) is 23.9 Å². The molecule has 1 saturated carbocycles. The maximum atomic E-state index is 11.6. The lowest BCUT2D eigenvalue weighted by Gasteiger charge is -2.15. The van der Waals surface area contributed by atoms with Crippen LogP contribution in [0.1, 0.15) is 37.8 Å². The number of fused-ring (bicyclic) bond motifs is 1. The Kier molecular flexibility index (Phi) is 5.29. The molecule has 2 aliphatic rings. The van der Waals surface area contributed by atoms with Gasteiger partial charge in [0.25, 0.3) is 0 Å². The van der Waals surface area contributed by atoms with E-state index in [1.807, 2.05) is 0 Å². The third kappa shape index (κ3) is 3.93. The smallest absolute Gasteiger partial charge is 0.221 e. The van der Waals surface area contributed by atoms with E-state index < -0.39 is 0 Å². The average Bonchev–Trinajstić information content (AvgIpc) is 3.41. The topological polar surface area (TPSA) is 78.5 Å². The van der Waals surface area contributed by atoms with Crippen LogP contribution in [0.25, 0.3) is 10.9 Å². The Morgan fingerprint density at radius 1 is 1.33 bits per heavy atom. The number of benzene rings is 1. The summed E-state index contributed by atoms with van der Waals surface area (Å²) >= 11 is 1.71. The molecular formula is C20H26N4O2S. The van der Waals surface area contributed by atoms with E-state index in [1.165, 1.54) is 25.7 Å². The Hall–Kier alpha value is -2.15. The van der Waals surface area contributed by atoms with Crippen molar-refractivity contribution in [3.63, 3.8) is 0 Å². The number of aromatic amines is 1. The molecule has 2 heterocycles. The monoisotopic (exact) mass is 386 g/mol. The Bertz CT molecular complexity index is 870. The number of nitrogens with one attached hydrogen (secondary N) is 3. The van der Waals surface area contributed by atoms with Gasteiger partial charge in [-0.05, 0) is 25.0 Å². The van der Waals surface area contributed by atoms with Gasteiger partial charge in [0.1, 0.15) is 10.8 Å². The normalized spacial score (nSPS) is 20.1. The van der Waals surface area contributed by atoms with E-state index in [0.717, 1.165) is 38.8 Å². The van der Waals surface area contributed by atoms with Gasteiger partial charge in [-0.25, -0.2) is 0 Å². The molecule has 1 amide bonds. The maximum Gasteiger partial charge on any atom is 0.221 e. The van der Waals surface area contributed by atoms with Crippen LogP contribution in [0.2, 0.25) is 0 Å². The van der Waals surface area contributed by atoms with Crippen molar-refractivity contribution in [1.29, 1.82) is 0 Å². The van der Waals surface area contributed by atoms with E-state index in [9.17, 15) is 4.79 Å². The second kappa shape index (κ2) is 7.84. The summed E-state index contributed by atoms with van der Waals surface area (Å²) in [6.45, 7) is 0. The van der Waals surface area contributed by atoms with E-state index >= 15 is 0 Å². The number of nitrogens with zero attached hydrogens (tertiary/aromatic N) is 1. The number of hydrogen-bond acceptors (Lipinski definition) is 5. The van der Waals surface area contributed by atoms with Gasteiger partial charge in [-0.15, -0.1) is 11.8 Å². The molecule has 0 saturated heterocycles. The first-order valence-corrected chi connectivity index (χ1v) is 10.5. The minimum absolute atomic E-state index is 0.0371. The fourth-order valence-electron chi connectivity index (χ4n) is 3.84. The molecule has 1 aromatic carbocycles. The SMILES string of the molecule is CNC(=O)C[C@@H]1CSC(c2cc3cc(OC)cc(NC4CCCC4)c3[nH]2)=N1. The fourth-order valence-corrected chi connectivity index (χ4v) is 4.87. The lowest BCUT2D eigenvalue weighted by molar-refractivity contribution is -0.120. The number of thioether (sulfide) groups is 1. The van der Waals surface area contributed by atoms with Crippen LogP contribution in [-0.2, 0) is 4.79 Å². The van der Waals surface area contributed by atoms with Crippen molar-refractivity contribution in [3.8, 4) is 5.75 Å². The molecule has 0 bridgehead atoms. The molecule has 1 fully saturated rings. The summed E-state index contributed by atoms with van der Waals surface area (Å²) in [5.74, 6) is 1.73. The maximum absolute atomic E-state index is 11.6. The van der Waals surface area contributed by atoms with Gasteiger partial charge in [-0.3, -0.25) is 9.79 Å². The van der Waals surface area contributed by atoms with E-state index in [-0.39, 0.29) is 11.9 Å². The van der Waals surface area contributed by atoms with Crippen molar-refractivity contribution in [2.75, 3.05) is 25.2 Å². The first-order chi connectivity index (χ1) is 13.2. The van der Waals surface area contributed by atoms with Gasteiger partial charge in [0, 0.05) is 36.7 Å². The number of rotatable bonds is 6. The van der Waals surface area contributed by atoms with Gasteiger partial charge < -0.3 is 20.4 Å². The van der Waals surface area contributed by atoms with Crippen LogP contribution in [0.5, 0.6) is 5.75 Å². The molecular weight excluding hydrogens is 360 g/mol. The summed E-state index contributed by atoms with van der Waals surface area (Å²) in [5, 5.41) is 8.46. The number of aromatic nitrogens is 1. The summed E-state index contributed by atoms with van der Waals surface area (Å²) in [5.41, 5.74) is 3.20. The first-order valence-electron chi connectivity index (χ1n) is 9.55. The summed E-state index contributed by atoms with van der Waals surface area (Å²) in [6, 6.07) is 6.83. The molecule has 1 aromatic heterocycles. The molecule has 2 aromatic rings. The molecule has 0 radical (unpaired) electrons. The number of amides is 1. The van der Waals surface area contributed by atoms with Gasteiger partial charge >= 0.3 is 0 Å². The van der Waals surface area contributed by atoms with Crippen LogP contribution in [-0.4, -0.2) is 47.9 Å². The number of ether oxygens (including phenoxy) is 1. The van der Waals surface area contributed by atoms with Crippen LogP contribution in [0.4, 0.5) is 5.69 Å². The molecule has 0 unspecified atom stereocenters.